The summed E-state index contributed by atoms with van der Waals surface area (Å²) in [7, 11) is -4.44. The highest BCUT2D eigenvalue weighted by Crippen LogP contribution is 2.35. The predicted octanol–water partition coefficient (Wildman–Crippen LogP) is 8.75. The van der Waals surface area contributed by atoms with Crippen LogP contribution >= 0.6 is 22.7 Å². The van der Waals surface area contributed by atoms with Crippen molar-refractivity contribution in [3.8, 4) is 33.4 Å². The number of hydrogen-bond acceptors (Lipinski definition) is 15. The summed E-state index contributed by atoms with van der Waals surface area (Å²) < 4.78 is 35.0. The van der Waals surface area contributed by atoms with Crippen molar-refractivity contribution < 1.29 is 37.5 Å². The fourth-order valence-corrected chi connectivity index (χ4v) is 15.2. The number of β-amino-alcohol motifs (C(OH)–C–C–N with tert-alkyl or cyclic N) is 1. The van der Waals surface area contributed by atoms with Gasteiger partial charge in [0.1, 0.15) is 23.6 Å². The molecule has 0 bridgehead atoms. The minimum atomic E-state index is -4.44. The van der Waals surface area contributed by atoms with Crippen LogP contribution in [0, 0.1) is 42.9 Å². The molecular weight excluding hydrogens is 1170 g/mol. The highest BCUT2D eigenvalue weighted by atomic mass is 32.2. The summed E-state index contributed by atoms with van der Waals surface area (Å²) >= 11 is 2.95. The van der Waals surface area contributed by atoms with Crippen molar-refractivity contribution in [3.63, 3.8) is 0 Å². The normalized spacial score (nSPS) is 18.4. The molecule has 0 unspecified atom stereocenters. The first kappa shape index (κ1) is 61.8. The van der Waals surface area contributed by atoms with E-state index in [0.717, 1.165) is 68.1 Å². The zero-order valence-corrected chi connectivity index (χ0v) is 52.8. The number of amides is 5. The summed E-state index contributed by atoms with van der Waals surface area (Å²) in [4.78, 5) is 88.8. The van der Waals surface area contributed by atoms with Crippen molar-refractivity contribution in [2.24, 2.45) is 17.3 Å². The maximum Gasteiger partial charge on any atom is 0.304 e. The molecule has 88 heavy (non-hydrogen) atoms. The van der Waals surface area contributed by atoms with Crippen molar-refractivity contribution >= 4 is 83.6 Å². The summed E-state index contributed by atoms with van der Waals surface area (Å²) in [5.74, 6) is 3.27. The Morgan fingerprint density at radius 2 is 1.61 bits per heavy atom. The first-order valence-electron chi connectivity index (χ1n) is 30.2. The Morgan fingerprint density at radius 3 is 2.34 bits per heavy atom. The number of carbonyl (C=O) groups excluding carboxylic acids is 5. The lowest BCUT2D eigenvalue weighted by atomic mass is 9.85. The molecule has 11 rings (SSSR count). The zero-order valence-electron chi connectivity index (χ0n) is 50.3. The largest absolute Gasteiger partial charge is 0.391 e. The van der Waals surface area contributed by atoms with Crippen LogP contribution in [0.4, 0.5) is 10.9 Å². The standard InChI is InChI=1S/C65H74N12O8S3/c1-39(44-20-22-46(23-21-44)58-40(2)66-38-86-58)68-61(81)53-33-47(78)36-76(53)63(83)59(65(4,5)6)71-56(79)26-19-42-27-31-75(32-28-42)88(84,85)73-62(82)57-48(50-34-67-77(41(50)3)35-43-13-8-7-9-14-43)24-25-55(70-57)74-30-29-45-15-12-16-49(51(45)37-74)60(80)72-64-69-52-17-10-11-18-54(52)87-64/h10-12,15-18,20-25,34,38-39,42-43,47,53,59,78H,7-9,13-14,27-33,35-37H2,1-6H3,(H,68,81)(H,71,79)(H,73,82)(H,69,72,80)/t39-,47+,53-,59+/m0/s1. The summed E-state index contributed by atoms with van der Waals surface area (Å²) in [6.07, 6.45) is 7.68. The Kier molecular flexibility index (Phi) is 18.3. The van der Waals surface area contributed by atoms with Gasteiger partial charge in [0.15, 0.2) is 5.13 Å². The number of hydrogen-bond donors (Lipinski definition) is 5. The Labute approximate surface area is 521 Å². The second-order valence-corrected chi connectivity index (χ2v) is 28.2. The van der Waals surface area contributed by atoms with Gasteiger partial charge in [0.2, 0.25) is 11.8 Å². The fraction of sp³-hybridized carbons (Fsp3) is 0.431. The van der Waals surface area contributed by atoms with Gasteiger partial charge in [0.05, 0.1) is 44.6 Å². The van der Waals surface area contributed by atoms with Crippen molar-refractivity contribution in [2.75, 3.05) is 36.4 Å². The minimum absolute atomic E-state index is 0.000651. The van der Waals surface area contributed by atoms with E-state index < -0.39 is 63.5 Å². The highest BCUT2D eigenvalue weighted by Gasteiger charge is 2.45. The van der Waals surface area contributed by atoms with Crippen molar-refractivity contribution in [3.05, 3.63) is 130 Å². The lowest BCUT2D eigenvalue weighted by Crippen LogP contribution is -2.57. The van der Waals surface area contributed by atoms with E-state index in [1.807, 2.05) is 97.1 Å². The third kappa shape index (κ3) is 13.7. The number of benzene rings is 3. The molecule has 7 aromatic rings. The van der Waals surface area contributed by atoms with E-state index in [1.54, 1.807) is 55.9 Å². The number of anilines is 2. The molecule has 5 N–H and O–H groups in total. The molecule has 2 saturated heterocycles. The number of aromatic nitrogens is 5. The molecule has 3 aromatic carbocycles. The smallest absolute Gasteiger partial charge is 0.304 e. The molecule has 0 radical (unpaired) electrons. The summed E-state index contributed by atoms with van der Waals surface area (Å²) in [6.45, 7) is 12.6. The molecule has 4 atom stereocenters. The van der Waals surface area contributed by atoms with Gasteiger partial charge in [-0.2, -0.15) is 17.8 Å². The summed E-state index contributed by atoms with van der Waals surface area (Å²) in [5.41, 5.74) is 8.73. The second-order valence-electron chi connectivity index (χ2n) is 24.6. The van der Waals surface area contributed by atoms with Gasteiger partial charge in [0, 0.05) is 74.0 Å². The van der Waals surface area contributed by atoms with Gasteiger partial charge in [0.25, 0.3) is 17.7 Å². The molecule has 4 aromatic heterocycles. The molecule has 5 amide bonds. The van der Waals surface area contributed by atoms with Gasteiger partial charge >= 0.3 is 10.2 Å². The van der Waals surface area contributed by atoms with Crippen molar-refractivity contribution in [2.45, 2.75) is 137 Å². The Morgan fingerprint density at radius 1 is 0.852 bits per heavy atom. The number of piperidine rings is 1. The fourth-order valence-electron chi connectivity index (χ4n) is 12.4. The average Bonchev–Trinajstić information content (AvgIpc) is 2.31. The number of para-hydroxylation sites is 1. The highest BCUT2D eigenvalue weighted by molar-refractivity contribution is 7.87. The number of aliphatic hydroxyl groups excluding tert-OH is 1. The summed E-state index contributed by atoms with van der Waals surface area (Å²) in [5, 5.41) is 24.9. The predicted molar refractivity (Wildman–Crippen MR) is 340 cm³/mol. The lowest BCUT2D eigenvalue weighted by molar-refractivity contribution is -0.143. The van der Waals surface area contributed by atoms with Gasteiger partial charge in [-0.05, 0) is 123 Å². The van der Waals surface area contributed by atoms with E-state index in [0.29, 0.717) is 53.1 Å². The minimum Gasteiger partial charge on any atom is -0.391 e. The van der Waals surface area contributed by atoms with Crippen LogP contribution in [0.15, 0.2) is 90.6 Å². The monoisotopic (exact) mass is 1250 g/mol. The van der Waals surface area contributed by atoms with E-state index in [9.17, 15) is 37.5 Å². The number of carbonyl (C=O) groups is 5. The zero-order chi connectivity index (χ0) is 62.0. The maximum absolute atomic E-state index is 14.7. The molecule has 20 nitrogen and oxygen atoms in total. The van der Waals surface area contributed by atoms with Gasteiger partial charge in [-0.15, -0.1) is 11.3 Å². The Balaban J connectivity index is 0.748. The molecule has 1 saturated carbocycles. The third-order valence-electron chi connectivity index (χ3n) is 17.4. The molecule has 3 fully saturated rings. The van der Waals surface area contributed by atoms with Crippen LogP contribution in [0.5, 0.6) is 0 Å². The van der Waals surface area contributed by atoms with Crippen LogP contribution in [0.3, 0.4) is 0 Å². The van der Waals surface area contributed by atoms with E-state index in [4.69, 9.17) is 10.1 Å². The van der Waals surface area contributed by atoms with Gasteiger partial charge in [-0.3, -0.25) is 34.0 Å². The number of aryl methyl sites for hydroxylation is 1. The van der Waals surface area contributed by atoms with E-state index >= 15 is 0 Å². The van der Waals surface area contributed by atoms with Gasteiger partial charge in [-0.1, -0.05) is 106 Å². The van der Waals surface area contributed by atoms with Crippen LogP contribution < -0.4 is 25.6 Å². The SMILES string of the molecule is Cc1ncsc1-c1ccc([C@H](C)NC(=O)[C@@H]2C[C@@H](O)CN2C(=O)[C@@H](NC(=O)C#CC2CCN(S(=O)(=O)NC(=O)c3nc(N4CCc5cccc(C(=O)Nc6nc7ccccc7s6)c5C4)ccc3-c3cnn(CC4CCCCC4)c3C)CC2)C(C)(C)C)cc1. The molecule has 4 aliphatic rings. The van der Waals surface area contributed by atoms with E-state index in [1.165, 1.54) is 39.8 Å². The quantitative estimate of drug-likeness (QED) is 0.0603. The Hall–Kier alpha value is -7.88. The first-order chi connectivity index (χ1) is 42.2. The van der Waals surface area contributed by atoms with Crippen LogP contribution in [0.25, 0.3) is 31.8 Å². The molecule has 23 heteroatoms. The lowest BCUT2D eigenvalue weighted by Gasteiger charge is -2.35. The van der Waals surface area contributed by atoms with Gasteiger partial charge < -0.3 is 25.5 Å². The third-order valence-corrected chi connectivity index (χ3v) is 20.9. The van der Waals surface area contributed by atoms with Gasteiger partial charge in [-0.25, -0.2) is 19.7 Å². The van der Waals surface area contributed by atoms with Crippen molar-refractivity contribution in [1.29, 1.82) is 0 Å². The first-order valence-corrected chi connectivity index (χ1v) is 33.3. The number of fused-ring (bicyclic) bond motifs is 2. The summed E-state index contributed by atoms with van der Waals surface area (Å²) in [6, 6.07) is 22.3. The molecular formula is C65H74N12O8S3. The maximum atomic E-state index is 14.7. The number of nitrogens with one attached hydrogen (secondary N) is 4. The molecule has 1 aliphatic carbocycles. The van der Waals surface area contributed by atoms with Crippen LogP contribution in [0.1, 0.15) is 134 Å². The number of nitrogens with zero attached hydrogens (tertiary/aromatic N) is 8. The number of thiazole rings is 2. The van der Waals surface area contributed by atoms with Crippen LogP contribution in [0.2, 0.25) is 0 Å². The van der Waals surface area contributed by atoms with Crippen LogP contribution in [-0.2, 0) is 44.1 Å². The number of rotatable bonds is 15. The van der Waals surface area contributed by atoms with Crippen molar-refractivity contribution in [1.82, 2.24) is 49.3 Å². The van der Waals surface area contributed by atoms with E-state index in [-0.39, 0.29) is 56.4 Å². The molecule has 0 spiro atoms. The molecule has 3 aliphatic heterocycles. The topological polar surface area (TPSA) is 254 Å². The number of likely N-dealkylation sites (tertiary alicyclic amines) is 1. The van der Waals surface area contributed by atoms with Crippen LogP contribution in [-0.4, -0.2) is 121 Å². The average molecular weight is 1250 g/mol. The molecule has 7 heterocycles. The molecule has 460 valence electrons. The van der Waals surface area contributed by atoms with E-state index in [2.05, 4.69) is 42.5 Å². The second kappa shape index (κ2) is 26.1. The number of pyridine rings is 1. The number of aliphatic hydroxyl groups is 1. The Bertz CT molecular complexity index is 3930.